The summed E-state index contributed by atoms with van der Waals surface area (Å²) in [6.45, 7) is 4.10. The van der Waals surface area contributed by atoms with Crippen LogP contribution in [0.2, 0.25) is 0 Å². The molecule has 6 rings (SSSR count). The Labute approximate surface area is 246 Å². The fourth-order valence-electron chi connectivity index (χ4n) is 4.96. The molecule has 2 aromatic heterocycles. The third-order valence-electron chi connectivity index (χ3n) is 7.39. The average Bonchev–Trinajstić information content (AvgIpc) is 3.64. The number of imidazole rings is 1. The first-order chi connectivity index (χ1) is 20.7. The van der Waals surface area contributed by atoms with E-state index in [1.807, 2.05) is 24.0 Å². The van der Waals surface area contributed by atoms with E-state index in [1.54, 1.807) is 29.4 Å². The van der Waals surface area contributed by atoms with Gasteiger partial charge >= 0.3 is 6.18 Å². The number of morpholine rings is 1. The van der Waals surface area contributed by atoms with Crippen LogP contribution in [0.5, 0.6) is 0 Å². The van der Waals surface area contributed by atoms with Crippen molar-refractivity contribution in [2.45, 2.75) is 38.5 Å². The van der Waals surface area contributed by atoms with E-state index in [0.29, 0.717) is 61.3 Å². The Balaban J connectivity index is 1.27. The van der Waals surface area contributed by atoms with Crippen LogP contribution in [0.1, 0.15) is 39.9 Å². The molecule has 1 amide bonds. The largest absolute Gasteiger partial charge is 0.416 e. The second-order valence-electron chi connectivity index (χ2n) is 10.6. The smallest absolute Gasteiger partial charge is 0.379 e. The molecule has 1 aliphatic heterocycles. The Morgan fingerprint density at radius 3 is 2.63 bits per heavy atom. The van der Waals surface area contributed by atoms with Crippen LogP contribution in [0.3, 0.4) is 0 Å². The summed E-state index contributed by atoms with van der Waals surface area (Å²) in [7, 11) is 0. The number of nitrogens with one attached hydrogen (secondary N) is 3. The van der Waals surface area contributed by atoms with E-state index in [4.69, 9.17) is 4.74 Å². The number of rotatable bonds is 9. The third kappa shape index (κ3) is 6.78. The normalized spacial score (nSPS) is 15.7. The number of hydrogen-bond donors (Lipinski definition) is 3. The molecular formula is C30H31F3N8O2. The van der Waals surface area contributed by atoms with Gasteiger partial charge in [-0.3, -0.25) is 14.6 Å². The van der Waals surface area contributed by atoms with E-state index in [2.05, 4.69) is 30.6 Å². The number of aromatic amines is 1. The third-order valence-corrected chi connectivity index (χ3v) is 7.39. The van der Waals surface area contributed by atoms with Gasteiger partial charge in [0.1, 0.15) is 18.0 Å². The van der Waals surface area contributed by atoms with Crippen LogP contribution >= 0.6 is 0 Å². The molecule has 0 radical (unpaired) electrons. The lowest BCUT2D eigenvalue weighted by atomic mass is 10.0. The average molecular weight is 593 g/mol. The van der Waals surface area contributed by atoms with E-state index >= 15 is 0 Å². The number of anilines is 5. The first-order valence-electron chi connectivity index (χ1n) is 14.0. The molecule has 10 nitrogen and oxygen atoms in total. The summed E-state index contributed by atoms with van der Waals surface area (Å²) >= 11 is 0. The molecule has 2 aliphatic rings. The van der Waals surface area contributed by atoms with Gasteiger partial charge in [-0.05, 0) is 55.2 Å². The highest BCUT2D eigenvalue weighted by atomic mass is 19.4. The molecule has 13 heteroatoms. The lowest BCUT2D eigenvalue weighted by Crippen LogP contribution is -2.36. The van der Waals surface area contributed by atoms with Gasteiger partial charge in [0.15, 0.2) is 0 Å². The number of benzene rings is 2. The number of carbonyl (C=O) groups excluding carboxylic acids is 1. The lowest BCUT2D eigenvalue weighted by molar-refractivity contribution is -0.138. The minimum Gasteiger partial charge on any atom is -0.379 e. The number of hydrogen-bond acceptors (Lipinski definition) is 8. The van der Waals surface area contributed by atoms with E-state index < -0.39 is 17.6 Å². The molecule has 2 fully saturated rings. The zero-order valence-electron chi connectivity index (χ0n) is 23.5. The lowest BCUT2D eigenvalue weighted by Gasteiger charge is -2.27. The fraction of sp³-hybridized carbons (Fsp3) is 0.333. The van der Waals surface area contributed by atoms with Crippen molar-refractivity contribution in [2.75, 3.05) is 41.8 Å². The Morgan fingerprint density at radius 1 is 1.09 bits per heavy atom. The van der Waals surface area contributed by atoms with Gasteiger partial charge in [0.25, 0.3) is 5.91 Å². The standard InChI is InChI=1S/C30H31F3N8O2/c1-19-2-5-23(15-25(19)41(29-34-8-9-35-29)27-16-26(36-18-37-27)38-22-6-7-22)39-28(42)20-3-4-21(24(14-20)30(31,32)33)17-40-10-12-43-13-11-40/h2-5,8-9,14-16,18,22H,6-7,10-13,17H2,1H3,(H,34,35)(H,39,42)(H,36,37,38). The van der Waals surface area contributed by atoms with Crippen molar-refractivity contribution >= 4 is 34.9 Å². The number of ether oxygens (including phenoxy) is 1. The van der Waals surface area contributed by atoms with Gasteiger partial charge in [0.2, 0.25) is 5.95 Å². The predicted octanol–water partition coefficient (Wildman–Crippen LogP) is 5.66. The SMILES string of the molecule is Cc1ccc(NC(=O)c2ccc(CN3CCOCC3)c(C(F)(F)F)c2)cc1N(c1cc(NC2CC2)ncn1)c1ncc[nH]1. The Bertz CT molecular complexity index is 1580. The minimum absolute atomic E-state index is 0.0883. The van der Waals surface area contributed by atoms with Crippen LogP contribution < -0.4 is 15.5 Å². The maximum absolute atomic E-state index is 14.1. The molecule has 1 aliphatic carbocycles. The Hall–Kier alpha value is -4.49. The van der Waals surface area contributed by atoms with Crippen molar-refractivity contribution in [1.82, 2.24) is 24.8 Å². The van der Waals surface area contributed by atoms with E-state index in [-0.39, 0.29) is 17.7 Å². The quantitative estimate of drug-likeness (QED) is 0.229. The number of aryl methyl sites for hydroxylation is 1. The van der Waals surface area contributed by atoms with E-state index in [0.717, 1.165) is 24.5 Å². The topological polar surface area (TPSA) is 111 Å². The van der Waals surface area contributed by atoms with Crippen LogP contribution in [-0.2, 0) is 17.5 Å². The molecule has 2 aromatic carbocycles. The van der Waals surface area contributed by atoms with Crippen LogP contribution in [0.15, 0.2) is 61.2 Å². The van der Waals surface area contributed by atoms with E-state index in [1.165, 1.54) is 18.5 Å². The molecular weight excluding hydrogens is 561 g/mol. The van der Waals surface area contributed by atoms with Gasteiger partial charge in [0.05, 0.1) is 24.5 Å². The zero-order valence-corrected chi connectivity index (χ0v) is 23.5. The molecule has 3 N–H and O–H groups in total. The molecule has 1 saturated heterocycles. The number of halogens is 3. The monoisotopic (exact) mass is 592 g/mol. The number of nitrogens with zero attached hydrogens (tertiary/aromatic N) is 5. The maximum atomic E-state index is 14.1. The maximum Gasteiger partial charge on any atom is 0.416 e. The first-order valence-corrected chi connectivity index (χ1v) is 14.0. The molecule has 0 spiro atoms. The van der Waals surface area contributed by atoms with Crippen LogP contribution in [0, 0.1) is 6.92 Å². The summed E-state index contributed by atoms with van der Waals surface area (Å²) in [6, 6.07) is 11.2. The molecule has 224 valence electrons. The molecule has 0 bridgehead atoms. The second-order valence-corrected chi connectivity index (χ2v) is 10.6. The highest BCUT2D eigenvalue weighted by Crippen LogP contribution is 2.37. The highest BCUT2D eigenvalue weighted by molar-refractivity contribution is 6.04. The zero-order chi connectivity index (χ0) is 30.0. The fourth-order valence-corrected chi connectivity index (χ4v) is 4.96. The van der Waals surface area contributed by atoms with Crippen LogP contribution in [0.25, 0.3) is 0 Å². The van der Waals surface area contributed by atoms with Gasteiger partial charge in [-0.1, -0.05) is 12.1 Å². The highest BCUT2D eigenvalue weighted by Gasteiger charge is 2.34. The summed E-state index contributed by atoms with van der Waals surface area (Å²) in [5.41, 5.74) is 1.14. The minimum atomic E-state index is -4.61. The van der Waals surface area contributed by atoms with Gasteiger partial charge in [0, 0.05) is 55.4 Å². The van der Waals surface area contributed by atoms with Gasteiger partial charge < -0.3 is 20.4 Å². The molecule has 0 unspecified atom stereocenters. The van der Waals surface area contributed by atoms with Crippen LogP contribution in [0.4, 0.5) is 42.1 Å². The Kier molecular flexibility index (Phi) is 8.00. The molecule has 4 aromatic rings. The van der Waals surface area contributed by atoms with E-state index in [9.17, 15) is 18.0 Å². The summed E-state index contributed by atoms with van der Waals surface area (Å²) in [6.07, 6.45) is 2.34. The van der Waals surface area contributed by atoms with Crippen LogP contribution in [-0.4, -0.2) is 63.1 Å². The van der Waals surface area contributed by atoms with Crippen molar-refractivity contribution in [3.8, 4) is 0 Å². The molecule has 1 saturated carbocycles. The molecule has 43 heavy (non-hydrogen) atoms. The first kappa shape index (κ1) is 28.6. The summed E-state index contributed by atoms with van der Waals surface area (Å²) in [5, 5.41) is 6.13. The van der Waals surface area contributed by atoms with Crippen molar-refractivity contribution in [3.63, 3.8) is 0 Å². The van der Waals surface area contributed by atoms with Gasteiger partial charge in [-0.25, -0.2) is 15.0 Å². The predicted molar refractivity (Wildman–Crippen MR) is 156 cm³/mol. The summed E-state index contributed by atoms with van der Waals surface area (Å²) in [5.74, 6) is 1.07. The summed E-state index contributed by atoms with van der Waals surface area (Å²) < 4.78 is 47.5. The summed E-state index contributed by atoms with van der Waals surface area (Å²) in [4.78, 5) is 33.3. The number of aromatic nitrogens is 4. The van der Waals surface area contributed by atoms with Crippen molar-refractivity contribution in [3.05, 3.63) is 83.4 Å². The molecule has 0 atom stereocenters. The number of amides is 1. The second kappa shape index (κ2) is 12.0. The Morgan fingerprint density at radius 2 is 1.91 bits per heavy atom. The van der Waals surface area contributed by atoms with Crippen molar-refractivity contribution in [1.29, 1.82) is 0 Å². The number of carbonyl (C=O) groups is 1. The van der Waals surface area contributed by atoms with Crippen molar-refractivity contribution in [2.24, 2.45) is 0 Å². The van der Waals surface area contributed by atoms with Gasteiger partial charge in [-0.2, -0.15) is 13.2 Å². The number of alkyl halides is 3. The van der Waals surface area contributed by atoms with Crippen molar-refractivity contribution < 1.29 is 22.7 Å². The van der Waals surface area contributed by atoms with Gasteiger partial charge in [-0.15, -0.1) is 0 Å². The molecule has 3 heterocycles. The number of H-pyrrole nitrogens is 1.